The highest BCUT2D eigenvalue weighted by molar-refractivity contribution is 5.36. The molecule has 1 aromatic rings. The monoisotopic (exact) mass is 274 g/mol. The molecule has 1 N–H and O–H groups in total. The van der Waals surface area contributed by atoms with Gasteiger partial charge in [0.2, 0.25) is 0 Å². The van der Waals surface area contributed by atoms with Crippen LogP contribution in [0.2, 0.25) is 0 Å². The summed E-state index contributed by atoms with van der Waals surface area (Å²) in [5.74, 6) is 0. The van der Waals surface area contributed by atoms with Crippen molar-refractivity contribution in [1.29, 1.82) is 0 Å². The van der Waals surface area contributed by atoms with E-state index in [0.29, 0.717) is 6.04 Å². The van der Waals surface area contributed by atoms with E-state index in [1.54, 1.807) is 5.56 Å². The molecule has 0 saturated carbocycles. The predicted octanol–water partition coefficient (Wildman–Crippen LogP) is 2.51. The van der Waals surface area contributed by atoms with Gasteiger partial charge in [0.05, 0.1) is 13.2 Å². The zero-order valence-electron chi connectivity index (χ0n) is 12.5. The molecule has 1 unspecified atom stereocenters. The lowest BCUT2D eigenvalue weighted by Gasteiger charge is -2.29. The molecule has 110 valence electrons. The van der Waals surface area contributed by atoms with E-state index in [1.807, 2.05) is 0 Å². The standard InChI is InChI=1S/C17H26N2O/c1-2-3-17-16-5-4-14(12-15(16)6-7-18-17)13-19-8-10-20-11-9-19/h4-5,12,17-18H,2-3,6-11,13H2,1H3. The molecule has 2 heterocycles. The average Bonchev–Trinajstić information content (AvgIpc) is 2.49. The number of nitrogens with one attached hydrogen (secondary N) is 1. The molecular weight excluding hydrogens is 248 g/mol. The quantitative estimate of drug-likeness (QED) is 0.913. The minimum Gasteiger partial charge on any atom is -0.379 e. The van der Waals surface area contributed by atoms with Gasteiger partial charge in [-0.1, -0.05) is 31.5 Å². The SMILES string of the molecule is CCCC1NCCc2cc(CN3CCOCC3)ccc21. The van der Waals surface area contributed by atoms with Gasteiger partial charge in [-0.05, 0) is 36.1 Å². The third-order valence-corrected chi connectivity index (χ3v) is 4.46. The second-order valence-corrected chi connectivity index (χ2v) is 5.97. The van der Waals surface area contributed by atoms with E-state index in [1.165, 1.54) is 30.4 Å². The van der Waals surface area contributed by atoms with Gasteiger partial charge in [-0.15, -0.1) is 0 Å². The molecule has 1 atom stereocenters. The Morgan fingerprint density at radius 3 is 2.95 bits per heavy atom. The summed E-state index contributed by atoms with van der Waals surface area (Å²) in [6, 6.07) is 7.69. The first-order chi connectivity index (χ1) is 9.86. The van der Waals surface area contributed by atoms with E-state index >= 15 is 0 Å². The maximum atomic E-state index is 5.42. The number of nitrogens with zero attached hydrogens (tertiary/aromatic N) is 1. The molecule has 0 aliphatic carbocycles. The average molecular weight is 274 g/mol. The van der Waals surface area contributed by atoms with Crippen molar-refractivity contribution in [3.63, 3.8) is 0 Å². The number of benzene rings is 1. The normalized spacial score (nSPS) is 23.6. The molecule has 3 nitrogen and oxygen atoms in total. The van der Waals surface area contributed by atoms with Crippen LogP contribution in [-0.4, -0.2) is 37.7 Å². The largest absolute Gasteiger partial charge is 0.379 e. The fourth-order valence-corrected chi connectivity index (χ4v) is 3.37. The Kier molecular flexibility index (Phi) is 4.71. The van der Waals surface area contributed by atoms with Crippen LogP contribution in [-0.2, 0) is 17.7 Å². The van der Waals surface area contributed by atoms with Crippen LogP contribution < -0.4 is 5.32 Å². The topological polar surface area (TPSA) is 24.5 Å². The third kappa shape index (κ3) is 3.22. The van der Waals surface area contributed by atoms with Crippen LogP contribution in [0.4, 0.5) is 0 Å². The summed E-state index contributed by atoms with van der Waals surface area (Å²) in [6.07, 6.45) is 3.66. The highest BCUT2D eigenvalue weighted by Crippen LogP contribution is 2.27. The summed E-state index contributed by atoms with van der Waals surface area (Å²) in [5, 5.41) is 3.65. The molecule has 0 amide bonds. The number of hydrogen-bond donors (Lipinski definition) is 1. The lowest BCUT2D eigenvalue weighted by molar-refractivity contribution is 0.0342. The van der Waals surface area contributed by atoms with Crippen molar-refractivity contribution in [3.05, 3.63) is 34.9 Å². The summed E-state index contributed by atoms with van der Waals surface area (Å²) in [4.78, 5) is 2.50. The van der Waals surface area contributed by atoms with Crippen LogP contribution in [0, 0.1) is 0 Å². The Hall–Kier alpha value is -0.900. The first kappa shape index (κ1) is 14.1. The molecule has 2 aliphatic heterocycles. The zero-order chi connectivity index (χ0) is 13.8. The van der Waals surface area contributed by atoms with E-state index in [-0.39, 0.29) is 0 Å². The number of hydrogen-bond acceptors (Lipinski definition) is 3. The van der Waals surface area contributed by atoms with Crippen LogP contribution in [0.3, 0.4) is 0 Å². The molecule has 3 heteroatoms. The Balaban J connectivity index is 1.71. The van der Waals surface area contributed by atoms with Crippen molar-refractivity contribution >= 4 is 0 Å². The van der Waals surface area contributed by atoms with E-state index < -0.39 is 0 Å². The van der Waals surface area contributed by atoms with Crippen molar-refractivity contribution in [2.45, 2.75) is 38.8 Å². The van der Waals surface area contributed by atoms with E-state index in [2.05, 4.69) is 35.3 Å². The molecule has 1 aromatic carbocycles. The van der Waals surface area contributed by atoms with E-state index in [4.69, 9.17) is 4.74 Å². The molecule has 0 spiro atoms. The second-order valence-electron chi connectivity index (χ2n) is 5.97. The second kappa shape index (κ2) is 6.70. The highest BCUT2D eigenvalue weighted by Gasteiger charge is 2.19. The molecule has 3 rings (SSSR count). The minimum absolute atomic E-state index is 0.571. The van der Waals surface area contributed by atoms with Gasteiger partial charge >= 0.3 is 0 Å². The maximum absolute atomic E-state index is 5.42. The first-order valence-electron chi connectivity index (χ1n) is 8.02. The lowest BCUT2D eigenvalue weighted by Crippen LogP contribution is -2.35. The maximum Gasteiger partial charge on any atom is 0.0594 e. The fraction of sp³-hybridized carbons (Fsp3) is 0.647. The molecule has 0 radical (unpaired) electrons. The number of ether oxygens (including phenoxy) is 1. The van der Waals surface area contributed by atoms with Gasteiger partial charge in [-0.2, -0.15) is 0 Å². The van der Waals surface area contributed by atoms with Crippen molar-refractivity contribution < 1.29 is 4.74 Å². The Labute approximate surface area is 122 Å². The van der Waals surface area contributed by atoms with E-state index in [0.717, 1.165) is 39.4 Å². The molecule has 1 saturated heterocycles. The lowest BCUT2D eigenvalue weighted by atomic mass is 9.90. The van der Waals surface area contributed by atoms with Gasteiger partial charge in [0.1, 0.15) is 0 Å². The summed E-state index contributed by atoms with van der Waals surface area (Å²) in [6.45, 7) is 8.36. The summed E-state index contributed by atoms with van der Waals surface area (Å²) in [5.41, 5.74) is 4.56. The van der Waals surface area contributed by atoms with Crippen molar-refractivity contribution in [1.82, 2.24) is 10.2 Å². The first-order valence-corrected chi connectivity index (χ1v) is 8.02. The Bertz CT molecular complexity index is 441. The molecular formula is C17H26N2O. The molecule has 0 aromatic heterocycles. The number of rotatable bonds is 4. The van der Waals surface area contributed by atoms with Gasteiger partial charge in [-0.3, -0.25) is 4.90 Å². The van der Waals surface area contributed by atoms with Crippen LogP contribution in [0.5, 0.6) is 0 Å². The molecule has 2 aliphatic rings. The smallest absolute Gasteiger partial charge is 0.0594 e. The predicted molar refractivity (Wildman–Crippen MR) is 81.9 cm³/mol. The van der Waals surface area contributed by atoms with Gasteiger partial charge in [0.15, 0.2) is 0 Å². The van der Waals surface area contributed by atoms with Crippen LogP contribution in [0.25, 0.3) is 0 Å². The summed E-state index contributed by atoms with van der Waals surface area (Å²) in [7, 11) is 0. The van der Waals surface area contributed by atoms with Crippen LogP contribution >= 0.6 is 0 Å². The molecule has 1 fully saturated rings. The van der Waals surface area contributed by atoms with Gasteiger partial charge < -0.3 is 10.1 Å². The van der Waals surface area contributed by atoms with Gasteiger partial charge in [-0.25, -0.2) is 0 Å². The van der Waals surface area contributed by atoms with Gasteiger partial charge in [0, 0.05) is 25.7 Å². The highest BCUT2D eigenvalue weighted by atomic mass is 16.5. The van der Waals surface area contributed by atoms with Gasteiger partial charge in [0.25, 0.3) is 0 Å². The van der Waals surface area contributed by atoms with Crippen LogP contribution in [0.15, 0.2) is 18.2 Å². The summed E-state index contributed by atoms with van der Waals surface area (Å²) >= 11 is 0. The third-order valence-electron chi connectivity index (χ3n) is 4.46. The van der Waals surface area contributed by atoms with Crippen molar-refractivity contribution in [2.75, 3.05) is 32.8 Å². The summed E-state index contributed by atoms with van der Waals surface area (Å²) < 4.78 is 5.42. The number of morpholine rings is 1. The Morgan fingerprint density at radius 1 is 1.30 bits per heavy atom. The van der Waals surface area contributed by atoms with E-state index in [9.17, 15) is 0 Å². The minimum atomic E-state index is 0.571. The molecule has 0 bridgehead atoms. The van der Waals surface area contributed by atoms with Crippen molar-refractivity contribution in [3.8, 4) is 0 Å². The van der Waals surface area contributed by atoms with Crippen molar-refractivity contribution in [2.24, 2.45) is 0 Å². The number of fused-ring (bicyclic) bond motifs is 1. The fourth-order valence-electron chi connectivity index (χ4n) is 3.37. The van der Waals surface area contributed by atoms with Crippen LogP contribution in [0.1, 0.15) is 42.5 Å². The molecule has 20 heavy (non-hydrogen) atoms. The Morgan fingerprint density at radius 2 is 2.15 bits per heavy atom. The zero-order valence-corrected chi connectivity index (χ0v) is 12.5.